The Hall–Kier alpha value is -2.98. The van der Waals surface area contributed by atoms with Crippen molar-refractivity contribution in [2.75, 3.05) is 39.1 Å². The van der Waals surface area contributed by atoms with Gasteiger partial charge in [0.05, 0.1) is 16.1 Å². The molecular weight excluding hydrogens is 461 g/mol. The van der Waals surface area contributed by atoms with E-state index in [2.05, 4.69) is 0 Å². The number of benzene rings is 2. The molecule has 1 amide bonds. The van der Waals surface area contributed by atoms with E-state index in [0.717, 1.165) is 30.2 Å². The van der Waals surface area contributed by atoms with Crippen LogP contribution in [0.1, 0.15) is 35.7 Å². The van der Waals surface area contributed by atoms with E-state index in [1.54, 1.807) is 18.2 Å². The summed E-state index contributed by atoms with van der Waals surface area (Å²) in [6, 6.07) is 10.3. The highest BCUT2D eigenvalue weighted by Crippen LogP contribution is 2.29. The molecule has 1 atom stereocenters. The van der Waals surface area contributed by atoms with Crippen molar-refractivity contribution in [2.45, 2.75) is 37.3 Å². The number of rotatable bonds is 8. The molecule has 1 aliphatic rings. The van der Waals surface area contributed by atoms with E-state index in [4.69, 9.17) is 4.74 Å². The number of ether oxygens (including phenoxy) is 1. The standard InChI is InChI=1S/C24H30FN3O5S/c1-17(23(29)27(4)16-18-8-7-9-19(25)14-18)33-24(30)21-15-20(34(31,32)26(2)3)10-11-22(21)28-12-5-6-13-28/h7-11,14-15,17H,5-6,12-13,16H2,1-4H3/t17-/m0/s1. The van der Waals surface area contributed by atoms with Crippen molar-refractivity contribution in [3.63, 3.8) is 0 Å². The third kappa shape index (κ3) is 5.74. The number of carbonyl (C=O) groups is 2. The summed E-state index contributed by atoms with van der Waals surface area (Å²) < 4.78 is 45.2. The Morgan fingerprint density at radius 2 is 1.76 bits per heavy atom. The summed E-state index contributed by atoms with van der Waals surface area (Å²) in [5, 5.41) is 0. The van der Waals surface area contributed by atoms with Gasteiger partial charge in [-0.2, -0.15) is 0 Å². The number of nitrogens with zero attached hydrogens (tertiary/aromatic N) is 3. The van der Waals surface area contributed by atoms with Crippen molar-refractivity contribution in [1.82, 2.24) is 9.21 Å². The molecule has 0 aliphatic carbocycles. The highest BCUT2D eigenvalue weighted by molar-refractivity contribution is 7.89. The summed E-state index contributed by atoms with van der Waals surface area (Å²) in [6.07, 6.45) is 0.810. The molecular formula is C24H30FN3O5S. The van der Waals surface area contributed by atoms with E-state index >= 15 is 0 Å². The van der Waals surface area contributed by atoms with Gasteiger partial charge in [-0.25, -0.2) is 21.9 Å². The zero-order valence-corrected chi connectivity index (χ0v) is 20.6. The number of hydrogen-bond donors (Lipinski definition) is 0. The smallest absolute Gasteiger partial charge is 0.341 e. The van der Waals surface area contributed by atoms with E-state index in [1.807, 2.05) is 4.90 Å². The lowest BCUT2D eigenvalue weighted by Crippen LogP contribution is -2.37. The number of likely N-dealkylation sites (N-methyl/N-ethyl adjacent to an activating group) is 1. The molecule has 3 rings (SSSR count). The van der Waals surface area contributed by atoms with Gasteiger partial charge < -0.3 is 14.5 Å². The van der Waals surface area contributed by atoms with Gasteiger partial charge in [0.15, 0.2) is 6.10 Å². The summed E-state index contributed by atoms with van der Waals surface area (Å²) in [5.41, 5.74) is 1.28. The molecule has 1 saturated heterocycles. The second kappa shape index (κ2) is 10.5. The van der Waals surface area contributed by atoms with Gasteiger partial charge in [0.1, 0.15) is 5.82 Å². The second-order valence-corrected chi connectivity index (χ2v) is 10.7. The average molecular weight is 492 g/mol. The molecule has 0 saturated carbocycles. The maximum atomic E-state index is 13.4. The first-order valence-corrected chi connectivity index (χ1v) is 12.5. The maximum Gasteiger partial charge on any atom is 0.341 e. The van der Waals surface area contributed by atoms with Crippen molar-refractivity contribution in [3.8, 4) is 0 Å². The minimum Gasteiger partial charge on any atom is -0.449 e. The highest BCUT2D eigenvalue weighted by atomic mass is 32.2. The molecule has 0 bridgehead atoms. The van der Waals surface area contributed by atoms with E-state index in [-0.39, 0.29) is 17.0 Å². The second-order valence-electron chi connectivity index (χ2n) is 8.53. The summed E-state index contributed by atoms with van der Waals surface area (Å²) in [6.45, 7) is 3.09. The van der Waals surface area contributed by atoms with Gasteiger partial charge in [-0.15, -0.1) is 0 Å². The Morgan fingerprint density at radius 3 is 2.38 bits per heavy atom. The van der Waals surface area contributed by atoms with Crippen LogP contribution in [0.3, 0.4) is 0 Å². The van der Waals surface area contributed by atoms with Crippen molar-refractivity contribution >= 4 is 27.6 Å². The monoisotopic (exact) mass is 491 g/mol. The Bertz CT molecular complexity index is 1160. The van der Waals surface area contributed by atoms with Crippen molar-refractivity contribution in [2.24, 2.45) is 0 Å². The molecule has 0 spiro atoms. The Labute approximate surface area is 200 Å². The number of hydrogen-bond acceptors (Lipinski definition) is 6. The van der Waals surface area contributed by atoms with Crippen LogP contribution in [0.2, 0.25) is 0 Å². The summed E-state index contributed by atoms with van der Waals surface area (Å²) in [5.74, 6) is -1.64. The molecule has 184 valence electrons. The molecule has 2 aromatic carbocycles. The highest BCUT2D eigenvalue weighted by Gasteiger charge is 2.28. The summed E-state index contributed by atoms with van der Waals surface area (Å²) >= 11 is 0. The third-order valence-corrected chi connectivity index (χ3v) is 7.54. The van der Waals surface area contributed by atoms with Crippen LogP contribution in [-0.4, -0.2) is 69.8 Å². The largest absolute Gasteiger partial charge is 0.449 e. The lowest BCUT2D eigenvalue weighted by Gasteiger charge is -2.24. The van der Waals surface area contributed by atoms with E-state index in [9.17, 15) is 22.4 Å². The first-order chi connectivity index (χ1) is 16.0. The van der Waals surface area contributed by atoms with Crippen LogP contribution in [0.15, 0.2) is 47.4 Å². The van der Waals surface area contributed by atoms with Gasteiger partial charge >= 0.3 is 5.97 Å². The number of esters is 1. The zero-order chi connectivity index (χ0) is 25.0. The van der Waals surface area contributed by atoms with Crippen LogP contribution >= 0.6 is 0 Å². The fourth-order valence-electron chi connectivity index (χ4n) is 3.86. The Balaban J connectivity index is 1.82. The Morgan fingerprint density at radius 1 is 1.09 bits per heavy atom. The quantitative estimate of drug-likeness (QED) is 0.528. The minimum atomic E-state index is -3.77. The molecule has 1 fully saturated rings. The number of amides is 1. The molecule has 0 unspecified atom stereocenters. The SMILES string of the molecule is C[C@H](OC(=O)c1cc(S(=O)(=O)N(C)C)ccc1N1CCCC1)C(=O)N(C)Cc1cccc(F)c1. The minimum absolute atomic E-state index is 0.0328. The van der Waals surface area contributed by atoms with Crippen LogP contribution in [0, 0.1) is 5.82 Å². The number of halogens is 1. The van der Waals surface area contributed by atoms with Crippen LogP contribution < -0.4 is 4.90 Å². The average Bonchev–Trinajstić information content (AvgIpc) is 3.32. The van der Waals surface area contributed by atoms with Gasteiger partial charge in [-0.05, 0) is 55.7 Å². The van der Waals surface area contributed by atoms with E-state index < -0.39 is 33.8 Å². The first-order valence-electron chi connectivity index (χ1n) is 11.0. The third-order valence-electron chi connectivity index (χ3n) is 5.73. The summed E-state index contributed by atoms with van der Waals surface area (Å²) in [7, 11) is 0.598. The lowest BCUT2D eigenvalue weighted by molar-refractivity contribution is -0.139. The fraction of sp³-hybridized carbons (Fsp3) is 0.417. The lowest BCUT2D eigenvalue weighted by atomic mass is 10.1. The maximum absolute atomic E-state index is 13.4. The predicted octanol–water partition coefficient (Wildman–Crippen LogP) is 2.88. The number of carbonyl (C=O) groups excluding carboxylic acids is 2. The number of anilines is 1. The normalized spacial score (nSPS) is 14.8. The molecule has 0 N–H and O–H groups in total. The molecule has 34 heavy (non-hydrogen) atoms. The van der Waals surface area contributed by atoms with Gasteiger partial charge in [-0.3, -0.25) is 4.79 Å². The van der Waals surface area contributed by atoms with Crippen molar-refractivity contribution < 1.29 is 27.1 Å². The van der Waals surface area contributed by atoms with Crippen LogP contribution in [0.25, 0.3) is 0 Å². The molecule has 0 aromatic heterocycles. The van der Waals surface area contributed by atoms with E-state index in [0.29, 0.717) is 11.3 Å². The van der Waals surface area contributed by atoms with Crippen LogP contribution in [0.5, 0.6) is 0 Å². The molecule has 2 aromatic rings. The van der Waals surface area contributed by atoms with Crippen LogP contribution in [-0.2, 0) is 26.1 Å². The molecule has 1 aliphatic heterocycles. The van der Waals surface area contributed by atoms with Gasteiger partial charge in [0.2, 0.25) is 10.0 Å². The predicted molar refractivity (Wildman–Crippen MR) is 127 cm³/mol. The fourth-order valence-corrected chi connectivity index (χ4v) is 4.78. The topological polar surface area (TPSA) is 87.2 Å². The van der Waals surface area contributed by atoms with Crippen molar-refractivity contribution in [1.29, 1.82) is 0 Å². The zero-order valence-electron chi connectivity index (χ0n) is 19.8. The van der Waals surface area contributed by atoms with Gasteiger partial charge in [-0.1, -0.05) is 12.1 Å². The molecule has 8 nitrogen and oxygen atoms in total. The molecule has 1 heterocycles. The van der Waals surface area contributed by atoms with Gasteiger partial charge in [0.25, 0.3) is 5.91 Å². The molecule has 10 heteroatoms. The summed E-state index contributed by atoms with van der Waals surface area (Å²) in [4.78, 5) is 29.3. The van der Waals surface area contributed by atoms with E-state index in [1.165, 1.54) is 57.2 Å². The van der Waals surface area contributed by atoms with Crippen LogP contribution in [0.4, 0.5) is 10.1 Å². The molecule has 0 radical (unpaired) electrons. The Kier molecular flexibility index (Phi) is 7.93. The van der Waals surface area contributed by atoms with Crippen molar-refractivity contribution in [3.05, 3.63) is 59.4 Å². The van der Waals surface area contributed by atoms with Gasteiger partial charge in [0, 0.05) is 40.8 Å². The number of sulfonamides is 1. The first kappa shape index (κ1) is 25.6.